The normalized spacial score (nSPS) is 11.8. The van der Waals surface area contributed by atoms with Crippen molar-refractivity contribution in [3.05, 3.63) is 59.9 Å². The highest BCUT2D eigenvalue weighted by Gasteiger charge is 2.19. The lowest BCUT2D eigenvalue weighted by atomic mass is 10.2. The Bertz CT molecular complexity index is 631. The van der Waals surface area contributed by atoms with Gasteiger partial charge < -0.3 is 14.7 Å². The third kappa shape index (κ3) is 5.07. The molecule has 0 spiro atoms. The summed E-state index contributed by atoms with van der Waals surface area (Å²) in [5.41, 5.74) is 1.90. The Morgan fingerprint density at radius 3 is 2.70 bits per heavy atom. The third-order valence-corrected chi connectivity index (χ3v) is 3.60. The van der Waals surface area contributed by atoms with Gasteiger partial charge in [0.2, 0.25) is 0 Å². The molecule has 122 valence electrons. The molecule has 1 N–H and O–H groups in total. The molecule has 5 heteroatoms. The van der Waals surface area contributed by atoms with Gasteiger partial charge in [-0.3, -0.25) is 9.78 Å². The van der Waals surface area contributed by atoms with Crippen LogP contribution < -0.4 is 4.74 Å². The van der Waals surface area contributed by atoms with E-state index < -0.39 is 6.10 Å². The van der Waals surface area contributed by atoms with Crippen LogP contribution in [0.2, 0.25) is 0 Å². The number of hydrogen-bond donors (Lipinski definition) is 1. The predicted octanol–water partition coefficient (Wildman–Crippen LogP) is 2.04. The molecule has 0 aliphatic heterocycles. The molecule has 1 amide bonds. The van der Waals surface area contributed by atoms with Crippen LogP contribution in [-0.4, -0.2) is 40.6 Å². The molecule has 1 aromatic heterocycles. The zero-order valence-electron chi connectivity index (χ0n) is 13.5. The summed E-state index contributed by atoms with van der Waals surface area (Å²) in [6.45, 7) is 2.30. The van der Waals surface area contributed by atoms with Crippen molar-refractivity contribution < 1.29 is 14.6 Å². The van der Waals surface area contributed by atoms with Crippen molar-refractivity contribution in [1.82, 2.24) is 9.88 Å². The summed E-state index contributed by atoms with van der Waals surface area (Å²) in [6.07, 6.45) is 3.69. The first-order valence-corrected chi connectivity index (χ1v) is 7.60. The molecule has 0 fully saturated rings. The Morgan fingerprint density at radius 1 is 1.26 bits per heavy atom. The summed E-state index contributed by atoms with van der Waals surface area (Å²) in [7, 11) is 1.77. The van der Waals surface area contributed by atoms with Crippen LogP contribution in [0.3, 0.4) is 0 Å². The van der Waals surface area contributed by atoms with Crippen LogP contribution in [0.4, 0.5) is 0 Å². The van der Waals surface area contributed by atoms with Crippen LogP contribution in [0.1, 0.15) is 18.1 Å². The summed E-state index contributed by atoms with van der Waals surface area (Å²) in [6, 6.07) is 11.0. The average Bonchev–Trinajstić information content (AvgIpc) is 2.60. The highest BCUT2D eigenvalue weighted by Crippen LogP contribution is 2.15. The first kappa shape index (κ1) is 17.0. The number of carbonyl (C=O) groups excluding carboxylic acids is 1. The van der Waals surface area contributed by atoms with E-state index in [1.54, 1.807) is 55.5 Å². The number of nitrogens with zero attached hydrogens (tertiary/aromatic N) is 2. The lowest BCUT2D eigenvalue weighted by molar-refractivity contribution is -0.136. The van der Waals surface area contributed by atoms with E-state index in [9.17, 15) is 4.79 Å². The lowest BCUT2D eigenvalue weighted by Crippen LogP contribution is -2.39. The van der Waals surface area contributed by atoms with Crippen molar-refractivity contribution in [3.8, 4) is 5.75 Å². The number of benzene rings is 1. The number of aromatic nitrogens is 1. The van der Waals surface area contributed by atoms with Gasteiger partial charge in [0.25, 0.3) is 5.91 Å². The second kappa shape index (κ2) is 8.29. The molecule has 0 bridgehead atoms. The maximum absolute atomic E-state index is 12.4. The van der Waals surface area contributed by atoms with Crippen LogP contribution in [0.5, 0.6) is 5.75 Å². The van der Waals surface area contributed by atoms with Gasteiger partial charge in [-0.15, -0.1) is 0 Å². The molecule has 0 aliphatic carbocycles. The Labute approximate surface area is 136 Å². The lowest BCUT2D eigenvalue weighted by Gasteiger charge is -2.22. The van der Waals surface area contributed by atoms with Gasteiger partial charge in [-0.25, -0.2) is 0 Å². The van der Waals surface area contributed by atoms with E-state index in [0.717, 1.165) is 17.5 Å². The molecular weight excluding hydrogens is 292 g/mol. The minimum absolute atomic E-state index is 0.0502. The van der Waals surface area contributed by atoms with Gasteiger partial charge in [0.15, 0.2) is 6.10 Å². The molecule has 0 saturated carbocycles. The fourth-order valence-electron chi connectivity index (χ4n) is 2.24. The molecule has 1 atom stereocenters. The van der Waals surface area contributed by atoms with Gasteiger partial charge in [-0.2, -0.15) is 0 Å². The highest BCUT2D eigenvalue weighted by molar-refractivity contribution is 5.80. The third-order valence-electron chi connectivity index (χ3n) is 3.60. The maximum atomic E-state index is 12.4. The molecule has 2 rings (SSSR count). The number of aliphatic hydroxyl groups excluding tert-OH is 1. The highest BCUT2D eigenvalue weighted by atomic mass is 16.5. The van der Waals surface area contributed by atoms with E-state index in [-0.39, 0.29) is 12.5 Å². The van der Waals surface area contributed by atoms with E-state index in [0.29, 0.717) is 12.3 Å². The number of amides is 1. The molecule has 2 aromatic rings. The monoisotopic (exact) mass is 314 g/mol. The minimum Gasteiger partial charge on any atom is -0.481 e. The van der Waals surface area contributed by atoms with Gasteiger partial charge in [-0.1, -0.05) is 12.1 Å². The van der Waals surface area contributed by atoms with Crippen molar-refractivity contribution in [2.24, 2.45) is 0 Å². The van der Waals surface area contributed by atoms with Crippen molar-refractivity contribution in [1.29, 1.82) is 0 Å². The van der Waals surface area contributed by atoms with E-state index in [1.165, 1.54) is 0 Å². The van der Waals surface area contributed by atoms with Crippen molar-refractivity contribution >= 4 is 5.91 Å². The zero-order valence-corrected chi connectivity index (χ0v) is 13.5. The summed E-state index contributed by atoms with van der Waals surface area (Å²) in [5, 5.41) is 9.14. The number of pyridine rings is 1. The quantitative estimate of drug-likeness (QED) is 0.849. The van der Waals surface area contributed by atoms with Crippen LogP contribution >= 0.6 is 0 Å². The first-order valence-electron chi connectivity index (χ1n) is 7.60. The van der Waals surface area contributed by atoms with Crippen molar-refractivity contribution in [2.45, 2.75) is 26.1 Å². The molecule has 1 aromatic carbocycles. The molecule has 0 aliphatic rings. The van der Waals surface area contributed by atoms with Gasteiger partial charge in [-0.05, 0) is 48.7 Å². The molecule has 0 saturated heterocycles. The maximum Gasteiger partial charge on any atom is 0.263 e. The van der Waals surface area contributed by atoms with Crippen LogP contribution in [0.25, 0.3) is 0 Å². The number of carbonyl (C=O) groups is 1. The summed E-state index contributed by atoms with van der Waals surface area (Å²) in [4.78, 5) is 18.0. The molecule has 5 nitrogen and oxygen atoms in total. The first-order chi connectivity index (χ1) is 11.1. The van der Waals surface area contributed by atoms with Gasteiger partial charge >= 0.3 is 0 Å². The predicted molar refractivity (Wildman–Crippen MR) is 88.0 cm³/mol. The average molecular weight is 314 g/mol. The number of likely N-dealkylation sites (N-methyl/N-ethyl adjacent to an activating group) is 1. The minimum atomic E-state index is -0.577. The summed E-state index contributed by atoms with van der Waals surface area (Å²) in [5.74, 6) is 0.508. The molecule has 1 unspecified atom stereocenters. The molecule has 0 radical (unpaired) electrons. The Morgan fingerprint density at radius 2 is 2.00 bits per heavy atom. The largest absolute Gasteiger partial charge is 0.481 e. The molecule has 1 heterocycles. The number of hydrogen-bond acceptors (Lipinski definition) is 4. The number of ether oxygens (including phenoxy) is 1. The Balaban J connectivity index is 1.88. The van der Waals surface area contributed by atoms with E-state index in [4.69, 9.17) is 9.84 Å². The van der Waals surface area contributed by atoms with Crippen molar-refractivity contribution in [3.63, 3.8) is 0 Å². The van der Waals surface area contributed by atoms with Gasteiger partial charge in [0.1, 0.15) is 5.75 Å². The smallest absolute Gasteiger partial charge is 0.263 e. The Hall–Kier alpha value is -2.40. The van der Waals surface area contributed by atoms with Crippen molar-refractivity contribution in [2.75, 3.05) is 13.6 Å². The number of aliphatic hydroxyl groups is 1. The SMILES string of the molecule is CC(Oc1cccc(CO)c1)C(=O)N(C)CCc1ccncc1. The van der Waals surface area contributed by atoms with Crippen LogP contribution in [-0.2, 0) is 17.8 Å². The van der Waals surface area contributed by atoms with Crippen LogP contribution in [0.15, 0.2) is 48.8 Å². The second-order valence-corrected chi connectivity index (χ2v) is 5.43. The molecular formula is C18H22N2O3. The Kier molecular flexibility index (Phi) is 6.11. The van der Waals surface area contributed by atoms with Gasteiger partial charge in [0.05, 0.1) is 6.61 Å². The topological polar surface area (TPSA) is 62.7 Å². The number of rotatable bonds is 7. The van der Waals surface area contributed by atoms with Gasteiger partial charge in [0, 0.05) is 26.0 Å². The van der Waals surface area contributed by atoms with E-state index in [2.05, 4.69) is 4.98 Å². The van der Waals surface area contributed by atoms with E-state index in [1.807, 2.05) is 12.1 Å². The summed E-state index contributed by atoms with van der Waals surface area (Å²) < 4.78 is 5.68. The fraction of sp³-hybridized carbons (Fsp3) is 0.333. The zero-order chi connectivity index (χ0) is 16.7. The standard InChI is InChI=1S/C18H22N2O3/c1-14(23-17-5-3-4-16(12-17)13-21)18(22)20(2)11-8-15-6-9-19-10-7-15/h3-7,9-10,12,14,21H,8,11,13H2,1-2H3. The molecule has 23 heavy (non-hydrogen) atoms. The summed E-state index contributed by atoms with van der Waals surface area (Å²) >= 11 is 0. The van der Waals surface area contributed by atoms with Crippen LogP contribution in [0, 0.1) is 0 Å². The second-order valence-electron chi connectivity index (χ2n) is 5.43. The fourth-order valence-corrected chi connectivity index (χ4v) is 2.24. The van der Waals surface area contributed by atoms with E-state index >= 15 is 0 Å².